The van der Waals surface area contributed by atoms with Crippen molar-refractivity contribution in [2.75, 3.05) is 25.5 Å². The number of benzene rings is 3. The van der Waals surface area contributed by atoms with E-state index >= 15 is 0 Å². The van der Waals surface area contributed by atoms with Crippen LogP contribution in [-0.2, 0) is 17.9 Å². The number of anilines is 1. The number of hydrogen-bond acceptors (Lipinski definition) is 5. The Kier molecular flexibility index (Phi) is 6.55. The Morgan fingerprint density at radius 1 is 1.03 bits per heavy atom. The molecule has 8 heteroatoms. The van der Waals surface area contributed by atoms with Crippen molar-refractivity contribution in [2.24, 2.45) is 0 Å². The molecule has 0 unspecified atom stereocenters. The molecule has 1 aliphatic heterocycles. The maximum absolute atomic E-state index is 13.1. The van der Waals surface area contributed by atoms with Gasteiger partial charge >= 0.3 is 0 Å². The molecule has 0 radical (unpaired) electrons. The molecule has 2 heterocycles. The number of hydrogen-bond donors (Lipinski definition) is 0. The molecule has 3 aromatic carbocycles. The second-order valence-electron chi connectivity index (χ2n) is 8.34. The highest BCUT2D eigenvalue weighted by molar-refractivity contribution is 6.04. The van der Waals surface area contributed by atoms with Gasteiger partial charge in [-0.1, -0.05) is 24.3 Å². The first kappa shape index (κ1) is 23.3. The summed E-state index contributed by atoms with van der Waals surface area (Å²) in [6.45, 7) is 1.44. The zero-order chi connectivity index (χ0) is 22.9. The Labute approximate surface area is 204 Å². The van der Waals surface area contributed by atoms with Gasteiger partial charge < -0.3 is 14.2 Å². The Bertz CT molecular complexity index is 1410. The largest absolute Gasteiger partial charge is 0.456 e. The molecule has 7 nitrogen and oxygen atoms in total. The molecule has 0 aliphatic carbocycles. The summed E-state index contributed by atoms with van der Waals surface area (Å²) in [4.78, 5) is 21.1. The minimum Gasteiger partial charge on any atom is -0.456 e. The van der Waals surface area contributed by atoms with Crippen molar-refractivity contribution in [3.05, 3.63) is 83.9 Å². The van der Waals surface area contributed by atoms with Gasteiger partial charge in [-0.15, -0.1) is 12.4 Å². The maximum atomic E-state index is 13.1. The van der Waals surface area contributed by atoms with Crippen molar-refractivity contribution >= 4 is 34.8 Å². The molecule has 0 atom stereocenters. The lowest BCUT2D eigenvalue weighted by molar-refractivity contribution is -0.119. The number of halogens is 1. The fourth-order valence-corrected chi connectivity index (χ4v) is 4.18. The second kappa shape index (κ2) is 9.56. The molecule has 1 amide bonds. The van der Waals surface area contributed by atoms with Crippen LogP contribution in [-0.4, -0.2) is 41.0 Å². The van der Waals surface area contributed by atoms with Gasteiger partial charge in [0.25, 0.3) is 0 Å². The lowest BCUT2D eigenvalue weighted by atomic mass is 10.1. The summed E-state index contributed by atoms with van der Waals surface area (Å²) in [5.74, 6) is 1.10. The standard InChI is InChI=1S/C26H23N5O2.ClH/c1-29-15-21-13-28-17-31(21)14-18-6-7-20(12-27)25(10-18)33-22-9-8-19-4-3-5-24(23(19)11-22)30(2)26(32)16-29;/h3-11,13,17H,14-16H2,1-2H3;1H. The van der Waals surface area contributed by atoms with Gasteiger partial charge in [0, 0.05) is 31.7 Å². The van der Waals surface area contributed by atoms with Crippen molar-refractivity contribution in [3.63, 3.8) is 0 Å². The molecule has 0 N–H and O–H groups in total. The SMILES string of the molecule is CN1CC(=O)N(C)c2cccc3ccc(cc23)Oc2cc(ccc2C#N)Cn2cncc2C1.Cl. The number of fused-ring (bicyclic) bond motifs is 4. The lowest BCUT2D eigenvalue weighted by Gasteiger charge is -2.24. The first-order valence-electron chi connectivity index (χ1n) is 10.7. The van der Waals surface area contributed by atoms with Crippen molar-refractivity contribution in [3.8, 4) is 17.6 Å². The van der Waals surface area contributed by atoms with E-state index in [1.54, 1.807) is 24.3 Å². The number of imidazole rings is 1. The first-order chi connectivity index (χ1) is 16.0. The van der Waals surface area contributed by atoms with Gasteiger partial charge in [0.15, 0.2) is 0 Å². The number of carbonyl (C=O) groups excluding carboxylic acids is 1. The number of likely N-dealkylation sites (N-methyl/N-ethyl adjacent to an activating group) is 2. The minimum atomic E-state index is -0.00790. The van der Waals surface area contributed by atoms with Gasteiger partial charge in [0.05, 0.1) is 29.8 Å². The predicted molar refractivity (Wildman–Crippen MR) is 134 cm³/mol. The molecule has 1 aromatic heterocycles. The average Bonchev–Trinajstić information content (AvgIpc) is 3.24. The number of aromatic nitrogens is 2. The minimum absolute atomic E-state index is 0. The molecule has 4 aromatic rings. The highest BCUT2D eigenvalue weighted by atomic mass is 35.5. The summed E-state index contributed by atoms with van der Waals surface area (Å²) in [6, 6.07) is 19.5. The monoisotopic (exact) mass is 473 g/mol. The Hall–Kier alpha value is -3.86. The molecule has 0 spiro atoms. The third-order valence-electron chi connectivity index (χ3n) is 5.95. The smallest absolute Gasteiger partial charge is 0.240 e. The second-order valence-corrected chi connectivity index (χ2v) is 8.34. The molecule has 1 aliphatic rings. The zero-order valence-electron chi connectivity index (χ0n) is 18.9. The summed E-state index contributed by atoms with van der Waals surface area (Å²) in [6.07, 6.45) is 3.60. The van der Waals surface area contributed by atoms with Crippen LogP contribution in [0.5, 0.6) is 11.5 Å². The molecule has 5 rings (SSSR count). The van der Waals surface area contributed by atoms with Gasteiger partial charge in [-0.2, -0.15) is 5.26 Å². The van der Waals surface area contributed by atoms with E-state index in [1.807, 2.05) is 71.2 Å². The average molecular weight is 474 g/mol. The summed E-state index contributed by atoms with van der Waals surface area (Å²) in [5, 5.41) is 11.5. The van der Waals surface area contributed by atoms with Crippen molar-refractivity contribution in [2.45, 2.75) is 13.1 Å². The highest BCUT2D eigenvalue weighted by Crippen LogP contribution is 2.33. The molecule has 4 bridgehead atoms. The van der Waals surface area contributed by atoms with Gasteiger partial charge in [-0.05, 0) is 48.3 Å². The first-order valence-corrected chi connectivity index (χ1v) is 10.7. The van der Waals surface area contributed by atoms with Crippen LogP contribution in [0.25, 0.3) is 10.8 Å². The third kappa shape index (κ3) is 4.46. The Morgan fingerprint density at radius 3 is 2.71 bits per heavy atom. The topological polar surface area (TPSA) is 74.4 Å². The summed E-state index contributed by atoms with van der Waals surface area (Å²) in [7, 11) is 3.73. The maximum Gasteiger partial charge on any atom is 0.240 e. The number of nitrogens with zero attached hydrogens (tertiary/aromatic N) is 5. The van der Waals surface area contributed by atoms with E-state index in [1.165, 1.54) is 0 Å². The van der Waals surface area contributed by atoms with Gasteiger partial charge in [0.1, 0.15) is 17.6 Å². The van der Waals surface area contributed by atoms with E-state index in [9.17, 15) is 10.1 Å². The summed E-state index contributed by atoms with van der Waals surface area (Å²) < 4.78 is 8.24. The van der Waals surface area contributed by atoms with E-state index in [0.29, 0.717) is 30.2 Å². The number of ether oxygens (including phenoxy) is 1. The van der Waals surface area contributed by atoms with Gasteiger partial charge in [-0.25, -0.2) is 4.98 Å². The normalized spacial score (nSPS) is 14.3. The molecule has 0 fully saturated rings. The molecule has 34 heavy (non-hydrogen) atoms. The number of nitriles is 1. The van der Waals surface area contributed by atoms with Crippen LogP contribution in [0.15, 0.2) is 67.1 Å². The van der Waals surface area contributed by atoms with Crippen LogP contribution in [0.2, 0.25) is 0 Å². The van der Waals surface area contributed by atoms with Crippen LogP contribution in [0.3, 0.4) is 0 Å². The number of rotatable bonds is 0. The van der Waals surface area contributed by atoms with Crippen molar-refractivity contribution in [1.29, 1.82) is 5.26 Å². The van der Waals surface area contributed by atoms with E-state index in [2.05, 4.69) is 11.1 Å². The van der Waals surface area contributed by atoms with Crippen LogP contribution in [0, 0.1) is 11.3 Å². The zero-order valence-corrected chi connectivity index (χ0v) is 19.7. The van der Waals surface area contributed by atoms with Crippen molar-refractivity contribution in [1.82, 2.24) is 14.5 Å². The summed E-state index contributed by atoms with van der Waals surface area (Å²) in [5.41, 5.74) is 3.27. The molecule has 0 saturated carbocycles. The van der Waals surface area contributed by atoms with Crippen LogP contribution >= 0.6 is 12.4 Å². The van der Waals surface area contributed by atoms with Crippen LogP contribution < -0.4 is 9.64 Å². The molecular formula is C26H24ClN5O2. The van der Waals surface area contributed by atoms with Gasteiger partial charge in [0.2, 0.25) is 5.91 Å². The number of carbonyl (C=O) groups is 1. The third-order valence-corrected chi connectivity index (χ3v) is 5.95. The quantitative estimate of drug-likeness (QED) is 0.374. The van der Waals surface area contributed by atoms with E-state index in [0.717, 1.165) is 27.7 Å². The van der Waals surface area contributed by atoms with Crippen LogP contribution in [0.1, 0.15) is 16.8 Å². The van der Waals surface area contributed by atoms with Crippen LogP contribution in [0.4, 0.5) is 5.69 Å². The van der Waals surface area contributed by atoms with E-state index in [-0.39, 0.29) is 24.9 Å². The van der Waals surface area contributed by atoms with E-state index in [4.69, 9.17) is 4.74 Å². The van der Waals surface area contributed by atoms with Crippen molar-refractivity contribution < 1.29 is 9.53 Å². The van der Waals surface area contributed by atoms with E-state index < -0.39 is 0 Å². The Balaban J connectivity index is 0.00000274. The molecular weight excluding hydrogens is 450 g/mol. The fraction of sp³-hybridized carbons (Fsp3) is 0.192. The van der Waals surface area contributed by atoms with Gasteiger partial charge in [-0.3, -0.25) is 9.69 Å². The lowest BCUT2D eigenvalue weighted by Crippen LogP contribution is -2.36. The fourth-order valence-electron chi connectivity index (χ4n) is 4.18. The summed E-state index contributed by atoms with van der Waals surface area (Å²) >= 11 is 0. The predicted octanol–water partition coefficient (Wildman–Crippen LogP) is 4.58. The molecule has 172 valence electrons. The molecule has 0 saturated heterocycles. The highest BCUT2D eigenvalue weighted by Gasteiger charge is 2.18. The Morgan fingerprint density at radius 2 is 1.88 bits per heavy atom. The number of amides is 1.